The highest BCUT2D eigenvalue weighted by atomic mass is 16.3. The van der Waals surface area contributed by atoms with Crippen LogP contribution >= 0.6 is 0 Å². The van der Waals surface area contributed by atoms with Crippen molar-refractivity contribution in [3.63, 3.8) is 0 Å². The Balaban J connectivity index is 1.54. The molecule has 1 aromatic heterocycles. The molecule has 3 atom stereocenters. The molecule has 2 aromatic carbocycles. The number of aromatic nitrogens is 2. The topological polar surface area (TPSA) is 61.5 Å². The Morgan fingerprint density at radius 3 is 2.56 bits per heavy atom. The quantitative estimate of drug-likeness (QED) is 0.607. The Morgan fingerprint density at radius 1 is 1.06 bits per heavy atom. The third-order valence-electron chi connectivity index (χ3n) is 9.03. The summed E-state index contributed by atoms with van der Waals surface area (Å²) in [5.41, 5.74) is 5.21. The molecule has 0 unspecified atom stereocenters. The lowest BCUT2D eigenvalue weighted by molar-refractivity contribution is -0.139. The number of para-hydroxylation sites is 1. The van der Waals surface area contributed by atoms with Crippen molar-refractivity contribution in [2.24, 2.45) is 5.92 Å². The fourth-order valence-electron chi connectivity index (χ4n) is 6.83. The van der Waals surface area contributed by atoms with E-state index >= 15 is 0 Å². The van der Waals surface area contributed by atoms with Gasteiger partial charge in [-0.1, -0.05) is 24.3 Å². The molecule has 2 aliphatic carbocycles. The minimum absolute atomic E-state index is 0.0243. The molecule has 2 N–H and O–H groups in total. The van der Waals surface area contributed by atoms with Gasteiger partial charge in [0.15, 0.2) is 0 Å². The molecule has 1 saturated heterocycles. The molecule has 6 rings (SSSR count). The van der Waals surface area contributed by atoms with Crippen LogP contribution in [0.2, 0.25) is 0 Å². The van der Waals surface area contributed by atoms with Crippen molar-refractivity contribution in [3.05, 3.63) is 76.6 Å². The fraction of sp³-hybridized carbons (Fsp3) is 0.483. The van der Waals surface area contributed by atoms with E-state index in [-0.39, 0.29) is 11.8 Å². The number of hydrogen-bond donors (Lipinski definition) is 2. The van der Waals surface area contributed by atoms with Crippen LogP contribution < -0.4 is 0 Å². The standard InChI is InChI=1S/C29H35N3O2/c1-19-9-12-24(33)15-26(19)28-13-14-31(18-22-10-11-22)21(3)29(28,34)16-25-20(2)30-32(27(25)17-28)23-7-5-4-6-8-23/h4-9,12,15,21-22,33-34H,10-11,13-14,16-18H2,1-3H3/t21-,28-,29-/m1/s1. The van der Waals surface area contributed by atoms with Crippen LogP contribution in [0, 0.1) is 19.8 Å². The average Bonchev–Trinajstić information content (AvgIpc) is 3.60. The van der Waals surface area contributed by atoms with Crippen molar-refractivity contribution >= 4 is 0 Å². The lowest BCUT2D eigenvalue weighted by atomic mass is 9.53. The molecule has 1 aliphatic heterocycles. The van der Waals surface area contributed by atoms with Crippen LogP contribution in [0.5, 0.6) is 5.75 Å². The number of piperidine rings is 1. The van der Waals surface area contributed by atoms with Crippen LogP contribution in [-0.4, -0.2) is 49.6 Å². The van der Waals surface area contributed by atoms with Crippen LogP contribution in [0.15, 0.2) is 48.5 Å². The van der Waals surface area contributed by atoms with Gasteiger partial charge in [-0.15, -0.1) is 0 Å². The van der Waals surface area contributed by atoms with Crippen LogP contribution in [-0.2, 0) is 18.3 Å². The average molecular weight is 458 g/mol. The Labute approximate surface area is 202 Å². The number of hydrogen-bond acceptors (Lipinski definition) is 4. The molecule has 3 aliphatic rings. The number of rotatable bonds is 4. The molecule has 5 heteroatoms. The largest absolute Gasteiger partial charge is 0.508 e. The first-order chi connectivity index (χ1) is 16.3. The monoisotopic (exact) mass is 457 g/mol. The summed E-state index contributed by atoms with van der Waals surface area (Å²) >= 11 is 0. The van der Waals surface area contributed by atoms with Gasteiger partial charge in [-0.2, -0.15) is 5.10 Å². The Morgan fingerprint density at radius 2 is 1.82 bits per heavy atom. The number of aliphatic hydroxyl groups is 1. The highest BCUT2D eigenvalue weighted by molar-refractivity contribution is 5.50. The molecule has 3 aromatic rings. The van der Waals surface area contributed by atoms with Gasteiger partial charge in [-0.05, 0) is 93.5 Å². The minimum atomic E-state index is -0.943. The fourth-order valence-corrected chi connectivity index (χ4v) is 6.83. The van der Waals surface area contributed by atoms with Crippen molar-refractivity contribution < 1.29 is 10.2 Å². The molecule has 2 fully saturated rings. The van der Waals surface area contributed by atoms with Gasteiger partial charge in [0.2, 0.25) is 0 Å². The molecule has 2 heterocycles. The van der Waals surface area contributed by atoms with E-state index in [1.807, 2.05) is 30.3 Å². The van der Waals surface area contributed by atoms with E-state index in [2.05, 4.69) is 42.5 Å². The van der Waals surface area contributed by atoms with Gasteiger partial charge in [0.25, 0.3) is 0 Å². The molecule has 1 saturated carbocycles. The highest BCUT2D eigenvalue weighted by Crippen LogP contribution is 2.55. The van der Waals surface area contributed by atoms with Crippen molar-refractivity contribution in [3.8, 4) is 11.4 Å². The molecule has 0 radical (unpaired) electrons. The smallest absolute Gasteiger partial charge is 0.115 e. The maximum absolute atomic E-state index is 12.8. The second-order valence-electron chi connectivity index (χ2n) is 11.0. The first-order valence-electron chi connectivity index (χ1n) is 12.7. The number of likely N-dealkylation sites (tertiary alicyclic amines) is 1. The summed E-state index contributed by atoms with van der Waals surface area (Å²) in [4.78, 5) is 2.52. The van der Waals surface area contributed by atoms with Gasteiger partial charge in [0, 0.05) is 36.5 Å². The normalized spacial score (nSPS) is 29.0. The summed E-state index contributed by atoms with van der Waals surface area (Å²) in [7, 11) is 0. The molecule has 0 spiro atoms. The minimum Gasteiger partial charge on any atom is -0.508 e. The summed E-state index contributed by atoms with van der Waals surface area (Å²) in [5, 5.41) is 28.2. The number of phenolic OH excluding ortho intramolecular Hbond substituents is 1. The van der Waals surface area contributed by atoms with Crippen molar-refractivity contribution in [1.29, 1.82) is 0 Å². The third kappa shape index (κ3) is 3.17. The molecule has 178 valence electrons. The third-order valence-corrected chi connectivity index (χ3v) is 9.03. The van der Waals surface area contributed by atoms with Crippen molar-refractivity contribution in [1.82, 2.24) is 14.7 Å². The van der Waals surface area contributed by atoms with E-state index in [1.54, 1.807) is 6.07 Å². The Hall–Kier alpha value is -2.63. The van der Waals surface area contributed by atoms with E-state index in [4.69, 9.17) is 5.10 Å². The lowest BCUT2D eigenvalue weighted by Gasteiger charge is -2.60. The molecule has 0 amide bonds. The second kappa shape index (κ2) is 7.69. The number of phenols is 1. The Kier molecular flexibility index (Phi) is 4.95. The number of fused-ring (bicyclic) bond motifs is 2. The summed E-state index contributed by atoms with van der Waals surface area (Å²) in [6.45, 7) is 8.44. The van der Waals surface area contributed by atoms with Gasteiger partial charge >= 0.3 is 0 Å². The summed E-state index contributed by atoms with van der Waals surface area (Å²) in [5.74, 6) is 1.05. The lowest BCUT2D eigenvalue weighted by Crippen LogP contribution is -2.71. The summed E-state index contributed by atoms with van der Waals surface area (Å²) < 4.78 is 2.09. The zero-order chi connectivity index (χ0) is 23.7. The number of aryl methyl sites for hydroxylation is 2. The number of nitrogens with zero attached hydrogens (tertiary/aromatic N) is 3. The highest BCUT2D eigenvalue weighted by Gasteiger charge is 2.62. The van der Waals surface area contributed by atoms with E-state index in [9.17, 15) is 10.2 Å². The van der Waals surface area contributed by atoms with Crippen LogP contribution in [0.3, 0.4) is 0 Å². The van der Waals surface area contributed by atoms with Crippen LogP contribution in [0.1, 0.15) is 54.3 Å². The predicted molar refractivity (Wildman–Crippen MR) is 134 cm³/mol. The van der Waals surface area contributed by atoms with Crippen molar-refractivity contribution in [2.45, 2.75) is 69.9 Å². The predicted octanol–water partition coefficient (Wildman–Crippen LogP) is 4.47. The molecular weight excluding hydrogens is 422 g/mol. The van der Waals surface area contributed by atoms with E-state index < -0.39 is 11.0 Å². The van der Waals surface area contributed by atoms with Gasteiger partial charge in [0.1, 0.15) is 5.75 Å². The second-order valence-corrected chi connectivity index (χ2v) is 11.0. The Bertz CT molecular complexity index is 1230. The number of aromatic hydroxyl groups is 1. The van der Waals surface area contributed by atoms with Crippen LogP contribution in [0.25, 0.3) is 5.69 Å². The van der Waals surface area contributed by atoms with Gasteiger partial charge in [0.05, 0.1) is 17.0 Å². The molecule has 5 nitrogen and oxygen atoms in total. The van der Waals surface area contributed by atoms with Gasteiger partial charge < -0.3 is 10.2 Å². The van der Waals surface area contributed by atoms with Gasteiger partial charge in [-0.3, -0.25) is 4.90 Å². The van der Waals surface area contributed by atoms with Crippen molar-refractivity contribution in [2.75, 3.05) is 13.1 Å². The SMILES string of the molecule is Cc1ccc(O)cc1[C@]12CCN(CC3CC3)[C@H](C)[C@]1(O)Cc1c(C)nn(-c3ccccc3)c1C2. The van der Waals surface area contributed by atoms with Gasteiger partial charge in [-0.25, -0.2) is 4.68 Å². The molecule has 0 bridgehead atoms. The van der Waals surface area contributed by atoms with E-state index in [1.165, 1.54) is 24.1 Å². The maximum Gasteiger partial charge on any atom is 0.115 e. The van der Waals surface area contributed by atoms with E-state index in [0.29, 0.717) is 12.8 Å². The first kappa shape index (κ1) is 21.9. The molecular formula is C29H35N3O2. The maximum atomic E-state index is 12.8. The number of benzene rings is 2. The van der Waals surface area contributed by atoms with Crippen LogP contribution in [0.4, 0.5) is 0 Å². The van der Waals surface area contributed by atoms with E-state index in [0.717, 1.165) is 47.9 Å². The summed E-state index contributed by atoms with van der Waals surface area (Å²) in [6.07, 6.45) is 4.78. The summed E-state index contributed by atoms with van der Waals surface area (Å²) in [6, 6.07) is 16.0. The molecule has 34 heavy (non-hydrogen) atoms. The zero-order valence-electron chi connectivity index (χ0n) is 20.5. The zero-order valence-corrected chi connectivity index (χ0v) is 20.5. The first-order valence-corrected chi connectivity index (χ1v) is 12.7.